The Labute approximate surface area is 131 Å². The second-order valence-electron chi connectivity index (χ2n) is 5.46. The van der Waals surface area contributed by atoms with Gasteiger partial charge in [0, 0.05) is 13.5 Å². The molecule has 1 fully saturated rings. The first-order valence-electron chi connectivity index (χ1n) is 7.23. The van der Waals surface area contributed by atoms with Crippen LogP contribution >= 0.6 is 12.4 Å². The van der Waals surface area contributed by atoms with Crippen LogP contribution in [-0.4, -0.2) is 37.1 Å². The standard InChI is InChI=1S/C16H22FNO2.ClH/c1-13(19)20-11-10-18-8-6-15(7-9-18)12-14-2-4-16(17)5-3-14;/h2-5,15H,6-12H2,1H3;1H. The van der Waals surface area contributed by atoms with Crippen LogP contribution in [0.5, 0.6) is 0 Å². The second-order valence-corrected chi connectivity index (χ2v) is 5.46. The maximum atomic E-state index is 12.8. The van der Waals surface area contributed by atoms with Crippen LogP contribution in [0.4, 0.5) is 4.39 Å². The number of esters is 1. The molecule has 0 amide bonds. The number of halogens is 2. The van der Waals surface area contributed by atoms with Gasteiger partial charge in [-0.3, -0.25) is 9.69 Å². The highest BCUT2D eigenvalue weighted by Gasteiger charge is 2.19. The number of carbonyl (C=O) groups is 1. The van der Waals surface area contributed by atoms with Crippen molar-refractivity contribution in [1.82, 2.24) is 4.90 Å². The molecule has 0 bridgehead atoms. The predicted octanol–water partition coefficient (Wildman–Crippen LogP) is 3.07. The van der Waals surface area contributed by atoms with Gasteiger partial charge in [0.25, 0.3) is 0 Å². The molecule has 1 heterocycles. The summed E-state index contributed by atoms with van der Waals surface area (Å²) >= 11 is 0. The number of carbonyl (C=O) groups excluding carboxylic acids is 1. The SMILES string of the molecule is CC(=O)OCCN1CCC(Cc2ccc(F)cc2)CC1.Cl. The first-order valence-corrected chi connectivity index (χ1v) is 7.23. The Kier molecular flexibility index (Phi) is 7.68. The van der Waals surface area contributed by atoms with Crippen molar-refractivity contribution >= 4 is 18.4 Å². The molecule has 1 aliphatic rings. The third kappa shape index (κ3) is 6.44. The summed E-state index contributed by atoms with van der Waals surface area (Å²) in [5.74, 6) is 0.288. The van der Waals surface area contributed by atoms with E-state index in [0.29, 0.717) is 12.5 Å². The summed E-state index contributed by atoms with van der Waals surface area (Å²) in [6.45, 7) is 4.84. The zero-order chi connectivity index (χ0) is 14.4. The summed E-state index contributed by atoms with van der Waals surface area (Å²) in [7, 11) is 0. The molecule has 2 rings (SSSR count). The van der Waals surface area contributed by atoms with Crippen molar-refractivity contribution in [1.29, 1.82) is 0 Å². The molecule has 0 N–H and O–H groups in total. The lowest BCUT2D eigenvalue weighted by Gasteiger charge is -2.31. The van der Waals surface area contributed by atoms with Gasteiger partial charge in [0.15, 0.2) is 0 Å². The fraction of sp³-hybridized carbons (Fsp3) is 0.562. The Hall–Kier alpha value is -1.13. The minimum absolute atomic E-state index is 0. The molecule has 0 aromatic heterocycles. The van der Waals surface area contributed by atoms with Crippen LogP contribution in [-0.2, 0) is 16.0 Å². The van der Waals surface area contributed by atoms with Gasteiger partial charge in [-0.05, 0) is 56.0 Å². The molecule has 1 aromatic carbocycles. The molecule has 0 radical (unpaired) electrons. The summed E-state index contributed by atoms with van der Waals surface area (Å²) in [5, 5.41) is 0. The van der Waals surface area contributed by atoms with E-state index < -0.39 is 0 Å². The van der Waals surface area contributed by atoms with Crippen LogP contribution in [0.1, 0.15) is 25.3 Å². The first kappa shape index (κ1) is 17.9. The van der Waals surface area contributed by atoms with E-state index in [2.05, 4.69) is 4.90 Å². The van der Waals surface area contributed by atoms with Crippen molar-refractivity contribution in [3.63, 3.8) is 0 Å². The molecule has 0 spiro atoms. The van der Waals surface area contributed by atoms with Crippen molar-refractivity contribution < 1.29 is 13.9 Å². The van der Waals surface area contributed by atoms with Crippen molar-refractivity contribution in [3.8, 4) is 0 Å². The zero-order valence-electron chi connectivity index (χ0n) is 12.4. The number of benzene rings is 1. The molecule has 0 saturated carbocycles. The van der Waals surface area contributed by atoms with Gasteiger partial charge >= 0.3 is 5.97 Å². The van der Waals surface area contributed by atoms with Gasteiger partial charge in [0.1, 0.15) is 12.4 Å². The predicted molar refractivity (Wildman–Crippen MR) is 83.1 cm³/mol. The lowest BCUT2D eigenvalue weighted by Crippen LogP contribution is -2.36. The second kappa shape index (κ2) is 9.00. The van der Waals surface area contributed by atoms with E-state index in [0.717, 1.165) is 38.9 Å². The summed E-state index contributed by atoms with van der Waals surface area (Å²) in [4.78, 5) is 13.0. The average molecular weight is 316 g/mol. The maximum Gasteiger partial charge on any atom is 0.302 e. The van der Waals surface area contributed by atoms with Gasteiger partial charge in [0.2, 0.25) is 0 Å². The number of piperidine rings is 1. The Morgan fingerprint density at radius 3 is 2.48 bits per heavy atom. The van der Waals surface area contributed by atoms with Gasteiger partial charge in [-0.25, -0.2) is 4.39 Å². The first-order chi connectivity index (χ1) is 9.63. The molecule has 118 valence electrons. The third-order valence-electron chi connectivity index (χ3n) is 3.86. The highest BCUT2D eigenvalue weighted by molar-refractivity contribution is 5.85. The van der Waals surface area contributed by atoms with Crippen molar-refractivity contribution in [2.45, 2.75) is 26.2 Å². The molecule has 5 heteroatoms. The number of hydrogen-bond acceptors (Lipinski definition) is 3. The number of hydrogen-bond donors (Lipinski definition) is 0. The zero-order valence-corrected chi connectivity index (χ0v) is 13.2. The third-order valence-corrected chi connectivity index (χ3v) is 3.86. The van der Waals surface area contributed by atoms with Crippen LogP contribution in [0.15, 0.2) is 24.3 Å². The molecule has 1 saturated heterocycles. The monoisotopic (exact) mass is 315 g/mol. The van der Waals surface area contributed by atoms with Crippen LogP contribution in [0.25, 0.3) is 0 Å². The van der Waals surface area contributed by atoms with E-state index in [1.165, 1.54) is 24.6 Å². The number of rotatable bonds is 5. The van der Waals surface area contributed by atoms with Gasteiger partial charge < -0.3 is 4.74 Å². The van der Waals surface area contributed by atoms with Crippen LogP contribution in [0.2, 0.25) is 0 Å². The Morgan fingerprint density at radius 1 is 1.29 bits per heavy atom. The van der Waals surface area contributed by atoms with E-state index in [1.807, 2.05) is 12.1 Å². The van der Waals surface area contributed by atoms with Crippen LogP contribution in [0.3, 0.4) is 0 Å². The highest BCUT2D eigenvalue weighted by atomic mass is 35.5. The minimum Gasteiger partial charge on any atom is -0.465 e. The Bertz CT molecular complexity index is 430. The average Bonchev–Trinajstić information content (AvgIpc) is 2.43. The molecule has 1 aliphatic heterocycles. The van der Waals surface area contributed by atoms with Crippen LogP contribution < -0.4 is 0 Å². The fourth-order valence-corrected chi connectivity index (χ4v) is 2.69. The summed E-state index contributed by atoms with van der Waals surface area (Å²) < 4.78 is 17.8. The summed E-state index contributed by atoms with van der Waals surface area (Å²) in [5.41, 5.74) is 1.21. The van der Waals surface area contributed by atoms with Crippen LogP contribution in [0, 0.1) is 11.7 Å². The molecule has 1 aromatic rings. The van der Waals surface area contributed by atoms with Gasteiger partial charge in [0.05, 0.1) is 0 Å². The Morgan fingerprint density at radius 2 is 1.90 bits per heavy atom. The molecule has 0 atom stereocenters. The smallest absolute Gasteiger partial charge is 0.302 e. The molecule has 0 unspecified atom stereocenters. The highest BCUT2D eigenvalue weighted by Crippen LogP contribution is 2.21. The topological polar surface area (TPSA) is 29.5 Å². The number of likely N-dealkylation sites (tertiary alicyclic amines) is 1. The van der Waals surface area contributed by atoms with Gasteiger partial charge in [-0.2, -0.15) is 0 Å². The lowest BCUT2D eigenvalue weighted by atomic mass is 9.90. The molecular weight excluding hydrogens is 293 g/mol. The summed E-state index contributed by atoms with van der Waals surface area (Å²) in [6.07, 6.45) is 3.33. The fourth-order valence-electron chi connectivity index (χ4n) is 2.69. The quantitative estimate of drug-likeness (QED) is 0.782. The maximum absolute atomic E-state index is 12.8. The molecule has 21 heavy (non-hydrogen) atoms. The molecule has 3 nitrogen and oxygen atoms in total. The Balaban J connectivity index is 0.00000220. The molecular formula is C16H23ClFNO2. The van der Waals surface area contributed by atoms with Crippen molar-refractivity contribution in [3.05, 3.63) is 35.6 Å². The van der Waals surface area contributed by atoms with E-state index in [1.54, 1.807) is 0 Å². The summed E-state index contributed by atoms with van der Waals surface area (Å²) in [6, 6.07) is 6.82. The minimum atomic E-state index is -0.212. The number of nitrogens with zero attached hydrogens (tertiary/aromatic N) is 1. The lowest BCUT2D eigenvalue weighted by molar-refractivity contribution is -0.141. The normalized spacial score (nSPS) is 16.3. The number of ether oxygens (including phenoxy) is 1. The van der Waals surface area contributed by atoms with Gasteiger partial charge in [-0.1, -0.05) is 12.1 Å². The largest absolute Gasteiger partial charge is 0.465 e. The van der Waals surface area contributed by atoms with E-state index in [-0.39, 0.29) is 24.2 Å². The van der Waals surface area contributed by atoms with Crippen molar-refractivity contribution in [2.75, 3.05) is 26.2 Å². The van der Waals surface area contributed by atoms with Crippen molar-refractivity contribution in [2.24, 2.45) is 5.92 Å². The van der Waals surface area contributed by atoms with E-state index >= 15 is 0 Å². The van der Waals surface area contributed by atoms with E-state index in [9.17, 15) is 9.18 Å². The van der Waals surface area contributed by atoms with Gasteiger partial charge in [-0.15, -0.1) is 12.4 Å². The van der Waals surface area contributed by atoms with E-state index in [4.69, 9.17) is 4.74 Å². The molecule has 0 aliphatic carbocycles.